The molecule has 0 bridgehead atoms. The van der Waals surface area contributed by atoms with Gasteiger partial charge in [-0.3, -0.25) is 14.4 Å². The third-order valence-corrected chi connectivity index (χ3v) is 6.36. The van der Waals surface area contributed by atoms with Crippen LogP contribution >= 0.6 is 0 Å². The number of fused-ring (bicyclic) bond motifs is 1. The third kappa shape index (κ3) is 3.11. The highest BCUT2D eigenvalue weighted by molar-refractivity contribution is 7.91. The molecule has 8 nitrogen and oxygen atoms in total. The molecule has 1 aromatic heterocycles. The van der Waals surface area contributed by atoms with Crippen LogP contribution in [0.2, 0.25) is 0 Å². The number of carbonyl (C=O) groups excluding carboxylic acids is 1. The van der Waals surface area contributed by atoms with Crippen molar-refractivity contribution >= 4 is 26.8 Å². The van der Waals surface area contributed by atoms with Crippen LogP contribution in [0.15, 0.2) is 27.8 Å². The van der Waals surface area contributed by atoms with Crippen molar-refractivity contribution in [1.82, 2.24) is 14.5 Å². The minimum atomic E-state index is -3.09. The Hall–Kier alpha value is -2.42. The van der Waals surface area contributed by atoms with Gasteiger partial charge in [0, 0.05) is 25.2 Å². The highest BCUT2D eigenvalue weighted by Gasteiger charge is 2.33. The zero-order valence-corrected chi connectivity index (χ0v) is 14.8. The van der Waals surface area contributed by atoms with E-state index in [4.69, 9.17) is 0 Å². The van der Waals surface area contributed by atoms with E-state index in [2.05, 4.69) is 4.98 Å². The molecule has 0 unspecified atom stereocenters. The molecule has 25 heavy (non-hydrogen) atoms. The number of hydrogen-bond acceptors (Lipinski definition) is 5. The van der Waals surface area contributed by atoms with Crippen LogP contribution in [0, 0.1) is 0 Å². The van der Waals surface area contributed by atoms with E-state index in [1.807, 2.05) is 0 Å². The summed E-state index contributed by atoms with van der Waals surface area (Å²) in [5, 5.41) is 0. The minimum absolute atomic E-state index is 0.0327. The second kappa shape index (κ2) is 6.14. The molecule has 2 aromatic rings. The average Bonchev–Trinajstić information content (AvgIpc) is 2.94. The van der Waals surface area contributed by atoms with Crippen molar-refractivity contribution in [3.63, 3.8) is 0 Å². The molecule has 1 aromatic carbocycles. The predicted molar refractivity (Wildman–Crippen MR) is 93.7 cm³/mol. The van der Waals surface area contributed by atoms with Crippen LogP contribution in [0.25, 0.3) is 11.0 Å². The Morgan fingerprint density at radius 2 is 2.08 bits per heavy atom. The zero-order valence-electron chi connectivity index (χ0n) is 14.0. The van der Waals surface area contributed by atoms with Crippen molar-refractivity contribution in [2.24, 2.45) is 0 Å². The summed E-state index contributed by atoms with van der Waals surface area (Å²) in [5.74, 6) is -0.267. The van der Waals surface area contributed by atoms with Gasteiger partial charge in [0.15, 0.2) is 9.84 Å². The van der Waals surface area contributed by atoms with Gasteiger partial charge in [0.2, 0.25) is 0 Å². The van der Waals surface area contributed by atoms with Gasteiger partial charge >= 0.3 is 11.1 Å². The van der Waals surface area contributed by atoms with E-state index in [0.29, 0.717) is 29.6 Å². The maximum atomic E-state index is 12.7. The fourth-order valence-corrected chi connectivity index (χ4v) is 4.95. The molecule has 0 aliphatic carbocycles. The van der Waals surface area contributed by atoms with Crippen molar-refractivity contribution in [2.45, 2.75) is 25.9 Å². The van der Waals surface area contributed by atoms with Crippen LogP contribution in [-0.2, 0) is 16.4 Å². The van der Waals surface area contributed by atoms with E-state index in [0.717, 1.165) is 0 Å². The molecular formula is C16H19N3O5S. The first kappa shape index (κ1) is 17.4. The van der Waals surface area contributed by atoms with Crippen LogP contribution in [0.1, 0.15) is 23.7 Å². The van der Waals surface area contributed by atoms with E-state index in [1.54, 1.807) is 26.1 Å². The maximum Gasteiger partial charge on any atom is 0.316 e. The number of H-pyrrole nitrogens is 1. The molecule has 1 saturated heterocycles. The van der Waals surface area contributed by atoms with E-state index >= 15 is 0 Å². The first-order valence-corrected chi connectivity index (χ1v) is 9.80. The highest BCUT2D eigenvalue weighted by atomic mass is 32.2. The number of nitrogens with zero attached hydrogens (tertiary/aromatic N) is 2. The summed E-state index contributed by atoms with van der Waals surface area (Å²) in [6.07, 6.45) is 0.421. The molecule has 1 amide bonds. The Bertz CT molecular complexity index is 1070. The summed E-state index contributed by atoms with van der Waals surface area (Å²) >= 11 is 0. The van der Waals surface area contributed by atoms with Gasteiger partial charge in [0.05, 0.1) is 22.5 Å². The molecule has 0 spiro atoms. The van der Waals surface area contributed by atoms with Gasteiger partial charge in [-0.2, -0.15) is 0 Å². The fourth-order valence-electron chi connectivity index (χ4n) is 3.18. The Kier molecular flexibility index (Phi) is 4.28. The molecule has 1 atom stereocenters. The molecule has 1 aliphatic rings. The fraction of sp³-hybridized carbons (Fsp3) is 0.438. The molecule has 1 aliphatic heterocycles. The molecule has 3 rings (SSSR count). The van der Waals surface area contributed by atoms with Crippen molar-refractivity contribution in [3.05, 3.63) is 44.5 Å². The predicted octanol–water partition coefficient (Wildman–Crippen LogP) is -0.0312. The van der Waals surface area contributed by atoms with Crippen molar-refractivity contribution in [2.75, 3.05) is 18.6 Å². The topological polar surface area (TPSA) is 109 Å². The van der Waals surface area contributed by atoms with Gasteiger partial charge in [-0.1, -0.05) is 0 Å². The molecule has 1 N–H and O–H groups in total. The Balaban J connectivity index is 1.99. The number of nitrogens with one attached hydrogen (secondary N) is 1. The number of aryl methyl sites for hydroxylation is 1. The molecule has 0 radical (unpaired) electrons. The van der Waals surface area contributed by atoms with Gasteiger partial charge in [-0.15, -0.1) is 0 Å². The summed E-state index contributed by atoms with van der Waals surface area (Å²) in [6, 6.07) is 4.36. The van der Waals surface area contributed by atoms with Crippen LogP contribution in [0.3, 0.4) is 0 Å². The SMILES string of the molecule is CCn1c(=O)c(=O)[nH]c2cc(C(=O)N(C)[C@H]3CCS(=O)(=O)C3)ccc21. The van der Waals surface area contributed by atoms with Gasteiger partial charge < -0.3 is 14.5 Å². The number of amides is 1. The summed E-state index contributed by atoms with van der Waals surface area (Å²) in [6.45, 7) is 2.10. The first-order valence-electron chi connectivity index (χ1n) is 7.98. The summed E-state index contributed by atoms with van der Waals surface area (Å²) < 4.78 is 24.6. The lowest BCUT2D eigenvalue weighted by molar-refractivity contribution is 0.0748. The van der Waals surface area contributed by atoms with Crippen LogP contribution in [0.5, 0.6) is 0 Å². The number of carbonyl (C=O) groups is 1. The number of aromatic amines is 1. The van der Waals surface area contributed by atoms with E-state index in [-0.39, 0.29) is 23.5 Å². The lowest BCUT2D eigenvalue weighted by atomic mass is 10.1. The Labute approximate surface area is 144 Å². The number of hydrogen-bond donors (Lipinski definition) is 1. The van der Waals surface area contributed by atoms with E-state index in [1.165, 1.54) is 15.5 Å². The molecular weight excluding hydrogens is 346 g/mol. The van der Waals surface area contributed by atoms with Gasteiger partial charge in [-0.05, 0) is 31.5 Å². The molecule has 134 valence electrons. The van der Waals surface area contributed by atoms with E-state index in [9.17, 15) is 22.8 Å². The monoisotopic (exact) mass is 365 g/mol. The van der Waals surface area contributed by atoms with Crippen molar-refractivity contribution in [1.29, 1.82) is 0 Å². The average molecular weight is 365 g/mol. The molecule has 9 heteroatoms. The van der Waals surface area contributed by atoms with Crippen molar-refractivity contribution < 1.29 is 13.2 Å². The summed E-state index contributed by atoms with van der Waals surface area (Å²) in [4.78, 5) is 40.2. The minimum Gasteiger partial charge on any atom is -0.338 e. The number of rotatable bonds is 3. The number of benzene rings is 1. The molecule has 0 saturated carbocycles. The second-order valence-electron chi connectivity index (χ2n) is 6.21. The van der Waals surface area contributed by atoms with Gasteiger partial charge in [-0.25, -0.2) is 8.42 Å². The van der Waals surface area contributed by atoms with Crippen LogP contribution < -0.4 is 11.1 Å². The standard InChI is InChI=1S/C16H19N3O5S/c1-3-19-13-5-4-10(8-12(13)17-14(20)16(19)22)15(21)18(2)11-6-7-25(23,24)9-11/h4-5,8,11H,3,6-7,9H2,1-2H3,(H,17,20)/t11-/m0/s1. The van der Waals surface area contributed by atoms with Crippen molar-refractivity contribution in [3.8, 4) is 0 Å². The first-order chi connectivity index (χ1) is 11.7. The summed E-state index contributed by atoms with van der Waals surface area (Å²) in [5.41, 5.74) is -0.118. The van der Waals surface area contributed by atoms with Crippen LogP contribution in [-0.4, -0.2) is 53.4 Å². The molecule has 2 heterocycles. The second-order valence-corrected chi connectivity index (χ2v) is 8.44. The largest absolute Gasteiger partial charge is 0.338 e. The normalized spacial score (nSPS) is 19.2. The summed E-state index contributed by atoms with van der Waals surface area (Å²) in [7, 11) is -1.51. The van der Waals surface area contributed by atoms with Gasteiger partial charge in [0.25, 0.3) is 5.91 Å². The molecule has 1 fully saturated rings. The Morgan fingerprint density at radius 3 is 2.68 bits per heavy atom. The van der Waals surface area contributed by atoms with Gasteiger partial charge in [0.1, 0.15) is 0 Å². The lowest BCUT2D eigenvalue weighted by Crippen LogP contribution is -2.38. The third-order valence-electron chi connectivity index (χ3n) is 4.61. The lowest BCUT2D eigenvalue weighted by Gasteiger charge is -2.23. The smallest absolute Gasteiger partial charge is 0.316 e. The Morgan fingerprint density at radius 1 is 1.36 bits per heavy atom. The van der Waals surface area contributed by atoms with Crippen LogP contribution in [0.4, 0.5) is 0 Å². The van der Waals surface area contributed by atoms with E-state index < -0.39 is 21.0 Å². The highest BCUT2D eigenvalue weighted by Crippen LogP contribution is 2.20. The zero-order chi connectivity index (χ0) is 18.4. The number of aromatic nitrogens is 2. The number of sulfone groups is 1. The maximum absolute atomic E-state index is 12.7. The quantitative estimate of drug-likeness (QED) is 0.768.